The maximum absolute atomic E-state index is 9.35. The summed E-state index contributed by atoms with van der Waals surface area (Å²) < 4.78 is 1.71. The van der Waals surface area contributed by atoms with E-state index in [1.54, 1.807) is 10.9 Å². The highest BCUT2D eigenvalue weighted by atomic mass is 16.3. The Hall–Kier alpha value is -2.12. The molecule has 1 N–H and O–H groups in total. The summed E-state index contributed by atoms with van der Waals surface area (Å²) in [6, 6.07) is 10.1. The Labute approximate surface area is 106 Å². The van der Waals surface area contributed by atoms with E-state index >= 15 is 0 Å². The molecule has 0 saturated carbocycles. The van der Waals surface area contributed by atoms with Gasteiger partial charge in [-0.15, -0.1) is 0 Å². The molecule has 0 spiro atoms. The molecule has 1 aromatic carbocycles. The number of benzene rings is 1. The molecule has 2 rings (SSSR count). The predicted octanol–water partition coefficient (Wildman–Crippen LogP) is 2.26. The maximum Gasteiger partial charge on any atom is 0.0978 e. The van der Waals surface area contributed by atoms with Crippen molar-refractivity contribution in [1.29, 1.82) is 5.26 Å². The van der Waals surface area contributed by atoms with Gasteiger partial charge in [-0.2, -0.15) is 10.4 Å². The number of nitriles is 1. The fraction of sp³-hybridized carbons (Fsp3) is 0.286. The zero-order chi connectivity index (χ0) is 13.0. The third kappa shape index (κ3) is 2.58. The van der Waals surface area contributed by atoms with E-state index in [0.717, 1.165) is 16.8 Å². The van der Waals surface area contributed by atoms with Crippen LogP contribution in [0.2, 0.25) is 0 Å². The Kier molecular flexibility index (Phi) is 3.75. The van der Waals surface area contributed by atoms with Crippen molar-refractivity contribution < 1.29 is 5.11 Å². The number of aryl methyl sites for hydroxylation is 2. The summed E-state index contributed by atoms with van der Waals surface area (Å²) in [5.74, 6) is 0. The standard InChI is InChI=1S/C14H15N3O/c1-11-3-5-12(6-4-11)14-13(10-18)9-17(16-14)8-2-7-15/h3-6,9,18H,2,8,10H2,1H3. The van der Waals surface area contributed by atoms with Crippen LogP contribution in [0.5, 0.6) is 0 Å². The van der Waals surface area contributed by atoms with Crippen LogP contribution in [-0.2, 0) is 13.2 Å². The number of rotatable bonds is 4. The van der Waals surface area contributed by atoms with Crippen molar-refractivity contribution in [3.05, 3.63) is 41.6 Å². The number of aliphatic hydroxyl groups is 1. The Morgan fingerprint density at radius 1 is 1.33 bits per heavy atom. The molecule has 1 aromatic heterocycles. The number of aliphatic hydroxyl groups excluding tert-OH is 1. The van der Waals surface area contributed by atoms with Crippen LogP contribution in [0.3, 0.4) is 0 Å². The molecule has 0 saturated heterocycles. The first kappa shape index (κ1) is 12.3. The molecule has 4 nitrogen and oxygen atoms in total. The summed E-state index contributed by atoms with van der Waals surface area (Å²) in [6.45, 7) is 2.54. The number of nitrogens with zero attached hydrogens (tertiary/aromatic N) is 3. The summed E-state index contributed by atoms with van der Waals surface area (Å²) in [6.07, 6.45) is 2.21. The predicted molar refractivity (Wildman–Crippen MR) is 68.6 cm³/mol. The molecule has 0 aliphatic heterocycles. The van der Waals surface area contributed by atoms with Crippen LogP contribution in [0, 0.1) is 18.3 Å². The third-order valence-electron chi connectivity index (χ3n) is 2.79. The average Bonchev–Trinajstić information content (AvgIpc) is 2.80. The molecule has 92 valence electrons. The molecule has 4 heteroatoms. The summed E-state index contributed by atoms with van der Waals surface area (Å²) in [5.41, 5.74) is 3.75. The molecule has 0 fully saturated rings. The largest absolute Gasteiger partial charge is 0.392 e. The van der Waals surface area contributed by atoms with Gasteiger partial charge in [-0.25, -0.2) is 0 Å². The first-order valence-electron chi connectivity index (χ1n) is 5.86. The van der Waals surface area contributed by atoms with Crippen LogP contribution in [-0.4, -0.2) is 14.9 Å². The Morgan fingerprint density at radius 2 is 2.06 bits per heavy atom. The lowest BCUT2D eigenvalue weighted by Crippen LogP contribution is -1.97. The number of aromatic nitrogens is 2. The maximum atomic E-state index is 9.35. The van der Waals surface area contributed by atoms with Crippen LogP contribution in [0.4, 0.5) is 0 Å². The second kappa shape index (κ2) is 5.48. The van der Waals surface area contributed by atoms with Crippen molar-refractivity contribution >= 4 is 0 Å². The summed E-state index contributed by atoms with van der Waals surface area (Å²) >= 11 is 0. The van der Waals surface area contributed by atoms with Gasteiger partial charge in [-0.1, -0.05) is 29.8 Å². The van der Waals surface area contributed by atoms with E-state index in [-0.39, 0.29) is 6.61 Å². The van der Waals surface area contributed by atoms with E-state index in [0.29, 0.717) is 13.0 Å². The monoisotopic (exact) mass is 241 g/mol. The Morgan fingerprint density at radius 3 is 2.67 bits per heavy atom. The van der Waals surface area contributed by atoms with E-state index in [1.165, 1.54) is 5.56 Å². The quantitative estimate of drug-likeness (QED) is 0.893. The van der Waals surface area contributed by atoms with E-state index in [2.05, 4.69) is 11.2 Å². The highest BCUT2D eigenvalue weighted by Crippen LogP contribution is 2.22. The van der Waals surface area contributed by atoms with E-state index in [1.807, 2.05) is 31.2 Å². The minimum Gasteiger partial charge on any atom is -0.392 e. The lowest BCUT2D eigenvalue weighted by Gasteiger charge is -2.00. The highest BCUT2D eigenvalue weighted by Gasteiger charge is 2.10. The van der Waals surface area contributed by atoms with Gasteiger partial charge in [-0.05, 0) is 6.92 Å². The molecule has 0 bridgehead atoms. The van der Waals surface area contributed by atoms with Crippen molar-refractivity contribution in [3.8, 4) is 17.3 Å². The zero-order valence-electron chi connectivity index (χ0n) is 10.3. The Balaban J connectivity index is 2.34. The number of hydrogen-bond acceptors (Lipinski definition) is 3. The van der Waals surface area contributed by atoms with Gasteiger partial charge >= 0.3 is 0 Å². The fourth-order valence-corrected chi connectivity index (χ4v) is 1.81. The van der Waals surface area contributed by atoms with E-state index in [4.69, 9.17) is 5.26 Å². The summed E-state index contributed by atoms with van der Waals surface area (Å²) in [4.78, 5) is 0. The minimum atomic E-state index is -0.0459. The molecule has 0 unspecified atom stereocenters. The second-order valence-electron chi connectivity index (χ2n) is 4.20. The van der Waals surface area contributed by atoms with E-state index < -0.39 is 0 Å². The molecule has 0 amide bonds. The zero-order valence-corrected chi connectivity index (χ0v) is 10.3. The van der Waals surface area contributed by atoms with Gasteiger partial charge in [-0.3, -0.25) is 4.68 Å². The summed E-state index contributed by atoms with van der Waals surface area (Å²) in [7, 11) is 0. The molecule has 2 aromatic rings. The van der Waals surface area contributed by atoms with Gasteiger partial charge in [0, 0.05) is 17.3 Å². The van der Waals surface area contributed by atoms with Crippen LogP contribution < -0.4 is 0 Å². The van der Waals surface area contributed by atoms with Crippen molar-refractivity contribution in [3.63, 3.8) is 0 Å². The molecular weight excluding hydrogens is 226 g/mol. The lowest BCUT2D eigenvalue weighted by atomic mass is 10.1. The van der Waals surface area contributed by atoms with Crippen molar-refractivity contribution in [2.45, 2.75) is 26.5 Å². The minimum absolute atomic E-state index is 0.0459. The molecule has 1 heterocycles. The van der Waals surface area contributed by atoms with Crippen LogP contribution in [0.25, 0.3) is 11.3 Å². The Bertz CT molecular complexity index is 564. The lowest BCUT2D eigenvalue weighted by molar-refractivity contribution is 0.282. The highest BCUT2D eigenvalue weighted by molar-refractivity contribution is 5.62. The average molecular weight is 241 g/mol. The smallest absolute Gasteiger partial charge is 0.0978 e. The molecule has 0 aliphatic rings. The first-order valence-corrected chi connectivity index (χ1v) is 5.86. The van der Waals surface area contributed by atoms with Crippen LogP contribution in [0.1, 0.15) is 17.5 Å². The second-order valence-corrected chi connectivity index (χ2v) is 4.20. The summed E-state index contributed by atoms with van der Waals surface area (Å²) in [5, 5.41) is 22.3. The first-order chi connectivity index (χ1) is 8.74. The molecule has 0 atom stereocenters. The van der Waals surface area contributed by atoms with Crippen molar-refractivity contribution in [2.24, 2.45) is 0 Å². The van der Waals surface area contributed by atoms with Gasteiger partial charge in [0.25, 0.3) is 0 Å². The van der Waals surface area contributed by atoms with Gasteiger partial charge < -0.3 is 5.11 Å². The molecule has 0 aliphatic carbocycles. The van der Waals surface area contributed by atoms with Gasteiger partial charge in [0.05, 0.1) is 31.3 Å². The van der Waals surface area contributed by atoms with Crippen molar-refractivity contribution in [1.82, 2.24) is 9.78 Å². The normalized spacial score (nSPS) is 10.3. The third-order valence-corrected chi connectivity index (χ3v) is 2.79. The number of hydrogen-bond donors (Lipinski definition) is 1. The van der Waals surface area contributed by atoms with Crippen LogP contribution >= 0.6 is 0 Å². The molecular formula is C14H15N3O. The topological polar surface area (TPSA) is 61.8 Å². The fourth-order valence-electron chi connectivity index (χ4n) is 1.81. The SMILES string of the molecule is Cc1ccc(-c2nn(CCC#N)cc2CO)cc1. The molecule has 18 heavy (non-hydrogen) atoms. The van der Waals surface area contributed by atoms with Crippen molar-refractivity contribution in [2.75, 3.05) is 0 Å². The van der Waals surface area contributed by atoms with Gasteiger partial charge in [0.15, 0.2) is 0 Å². The van der Waals surface area contributed by atoms with Crippen LogP contribution in [0.15, 0.2) is 30.5 Å². The molecule has 0 radical (unpaired) electrons. The van der Waals surface area contributed by atoms with E-state index in [9.17, 15) is 5.11 Å². The van der Waals surface area contributed by atoms with Gasteiger partial charge in [0.1, 0.15) is 0 Å². The van der Waals surface area contributed by atoms with Gasteiger partial charge in [0.2, 0.25) is 0 Å².